The molecule has 3 N–H and O–H groups in total. The van der Waals surface area contributed by atoms with Crippen LogP contribution in [-0.2, 0) is 11.3 Å². The van der Waals surface area contributed by atoms with Gasteiger partial charge in [0.25, 0.3) is 0 Å². The average molecular weight is 285 g/mol. The lowest BCUT2D eigenvalue weighted by atomic mass is 10.1. The first kappa shape index (κ1) is 15.4. The van der Waals surface area contributed by atoms with Crippen molar-refractivity contribution >= 4 is 23.3 Å². The highest BCUT2D eigenvalue weighted by Gasteiger charge is 2.08. The van der Waals surface area contributed by atoms with E-state index in [1.54, 1.807) is 17.5 Å². The molecule has 1 aromatic rings. The summed E-state index contributed by atoms with van der Waals surface area (Å²) in [5.41, 5.74) is 0. The fourth-order valence-corrected chi connectivity index (χ4v) is 2.19. The SMILES string of the molecule is Cc1ncc(CNC(=O)NCC(C)CCC(=O)O)s1. The molecule has 2 amide bonds. The van der Waals surface area contributed by atoms with E-state index >= 15 is 0 Å². The summed E-state index contributed by atoms with van der Waals surface area (Å²) in [4.78, 5) is 27.0. The van der Waals surface area contributed by atoms with Gasteiger partial charge in [-0.1, -0.05) is 6.92 Å². The molecule has 0 aliphatic carbocycles. The Balaban J connectivity index is 2.15. The molecule has 0 aliphatic rings. The van der Waals surface area contributed by atoms with Crippen LogP contribution in [0, 0.1) is 12.8 Å². The van der Waals surface area contributed by atoms with Gasteiger partial charge in [0.05, 0.1) is 11.6 Å². The van der Waals surface area contributed by atoms with Crippen molar-refractivity contribution in [2.24, 2.45) is 5.92 Å². The van der Waals surface area contributed by atoms with Crippen molar-refractivity contribution in [2.75, 3.05) is 6.54 Å². The molecule has 0 spiro atoms. The molecule has 0 bridgehead atoms. The zero-order valence-electron chi connectivity index (χ0n) is 11.1. The molecular formula is C12H19N3O3S. The van der Waals surface area contributed by atoms with Gasteiger partial charge in [0, 0.05) is 24.0 Å². The van der Waals surface area contributed by atoms with E-state index in [1.807, 2.05) is 13.8 Å². The molecule has 0 aliphatic heterocycles. The Morgan fingerprint density at radius 2 is 2.21 bits per heavy atom. The largest absolute Gasteiger partial charge is 0.481 e. The molecule has 106 valence electrons. The maximum Gasteiger partial charge on any atom is 0.315 e. The molecule has 0 radical (unpaired) electrons. The van der Waals surface area contributed by atoms with Crippen molar-refractivity contribution in [3.05, 3.63) is 16.1 Å². The molecule has 1 heterocycles. The van der Waals surface area contributed by atoms with Crippen LogP contribution in [-0.4, -0.2) is 28.6 Å². The fourth-order valence-electron chi connectivity index (χ4n) is 1.46. The van der Waals surface area contributed by atoms with Crippen LogP contribution >= 0.6 is 11.3 Å². The summed E-state index contributed by atoms with van der Waals surface area (Å²) in [6.45, 7) is 4.76. The Morgan fingerprint density at radius 3 is 2.79 bits per heavy atom. The van der Waals surface area contributed by atoms with E-state index in [-0.39, 0.29) is 18.4 Å². The lowest BCUT2D eigenvalue weighted by Gasteiger charge is -2.11. The smallest absolute Gasteiger partial charge is 0.315 e. The van der Waals surface area contributed by atoms with E-state index in [0.717, 1.165) is 9.88 Å². The molecule has 19 heavy (non-hydrogen) atoms. The van der Waals surface area contributed by atoms with Gasteiger partial charge in [-0.25, -0.2) is 9.78 Å². The number of nitrogens with zero attached hydrogens (tertiary/aromatic N) is 1. The Bertz CT molecular complexity index is 434. The minimum atomic E-state index is -0.808. The quantitative estimate of drug-likeness (QED) is 0.711. The van der Waals surface area contributed by atoms with Crippen LogP contribution in [0.15, 0.2) is 6.20 Å². The summed E-state index contributed by atoms with van der Waals surface area (Å²) >= 11 is 1.55. The van der Waals surface area contributed by atoms with Crippen LogP contribution < -0.4 is 10.6 Å². The van der Waals surface area contributed by atoms with E-state index in [9.17, 15) is 9.59 Å². The first-order valence-corrected chi connectivity index (χ1v) is 6.94. The van der Waals surface area contributed by atoms with Crippen LogP contribution in [0.4, 0.5) is 4.79 Å². The monoisotopic (exact) mass is 285 g/mol. The molecule has 1 aromatic heterocycles. The van der Waals surface area contributed by atoms with E-state index < -0.39 is 5.97 Å². The van der Waals surface area contributed by atoms with Gasteiger partial charge in [0.15, 0.2) is 0 Å². The van der Waals surface area contributed by atoms with Crippen LogP contribution in [0.25, 0.3) is 0 Å². The number of hydrogen-bond donors (Lipinski definition) is 3. The standard InChI is InChI=1S/C12H19N3O3S/c1-8(3-4-11(16)17)5-14-12(18)15-7-10-6-13-9(2)19-10/h6,8H,3-5,7H2,1-2H3,(H,16,17)(H2,14,15,18). The van der Waals surface area contributed by atoms with Gasteiger partial charge in [-0.05, 0) is 19.3 Å². The Labute approximate surface area is 116 Å². The van der Waals surface area contributed by atoms with Gasteiger partial charge in [-0.15, -0.1) is 11.3 Å². The number of urea groups is 1. The zero-order valence-corrected chi connectivity index (χ0v) is 11.9. The van der Waals surface area contributed by atoms with E-state index in [1.165, 1.54) is 0 Å². The third kappa shape index (κ3) is 6.76. The van der Waals surface area contributed by atoms with E-state index in [0.29, 0.717) is 19.5 Å². The normalized spacial score (nSPS) is 11.9. The molecule has 1 atom stereocenters. The molecule has 1 rings (SSSR count). The number of carbonyl (C=O) groups is 2. The van der Waals surface area contributed by atoms with Crippen molar-refractivity contribution in [3.8, 4) is 0 Å². The van der Waals surface area contributed by atoms with Crippen LogP contribution in [0.1, 0.15) is 29.7 Å². The first-order chi connectivity index (χ1) is 8.97. The number of thiazole rings is 1. The topological polar surface area (TPSA) is 91.3 Å². The summed E-state index contributed by atoms with van der Waals surface area (Å²) < 4.78 is 0. The molecule has 0 fully saturated rings. The second-order valence-corrected chi connectivity index (χ2v) is 5.77. The highest BCUT2D eigenvalue weighted by molar-refractivity contribution is 7.11. The predicted octanol–water partition coefficient (Wildman–Crippen LogP) is 1.75. The van der Waals surface area contributed by atoms with Crippen LogP contribution in [0.2, 0.25) is 0 Å². The number of aromatic nitrogens is 1. The number of nitrogens with one attached hydrogen (secondary N) is 2. The summed E-state index contributed by atoms with van der Waals surface area (Å²) in [5.74, 6) is -0.663. The highest BCUT2D eigenvalue weighted by Crippen LogP contribution is 2.10. The van der Waals surface area contributed by atoms with Crippen molar-refractivity contribution in [2.45, 2.75) is 33.2 Å². The second kappa shape index (κ2) is 7.73. The number of amides is 2. The third-order valence-corrected chi connectivity index (χ3v) is 3.47. The highest BCUT2D eigenvalue weighted by atomic mass is 32.1. The maximum atomic E-state index is 11.5. The molecule has 6 nitrogen and oxygen atoms in total. The summed E-state index contributed by atoms with van der Waals surface area (Å²) in [6, 6.07) is -0.242. The lowest BCUT2D eigenvalue weighted by molar-refractivity contribution is -0.137. The molecule has 0 saturated heterocycles. The van der Waals surface area contributed by atoms with Gasteiger partial charge in [0.1, 0.15) is 0 Å². The number of aliphatic carboxylic acids is 1. The van der Waals surface area contributed by atoms with Crippen molar-refractivity contribution < 1.29 is 14.7 Å². The number of rotatable bonds is 7. The van der Waals surface area contributed by atoms with Crippen LogP contribution in [0.5, 0.6) is 0 Å². The Kier molecular flexibility index (Phi) is 6.27. The van der Waals surface area contributed by atoms with E-state index in [2.05, 4.69) is 15.6 Å². The maximum absolute atomic E-state index is 11.5. The number of hydrogen-bond acceptors (Lipinski definition) is 4. The van der Waals surface area contributed by atoms with Gasteiger partial charge < -0.3 is 15.7 Å². The summed E-state index contributed by atoms with van der Waals surface area (Å²) in [5, 5.41) is 15.0. The number of carboxylic acid groups (broad SMARTS) is 1. The van der Waals surface area contributed by atoms with Crippen molar-refractivity contribution in [1.82, 2.24) is 15.6 Å². The molecule has 0 saturated carbocycles. The number of carboxylic acids is 1. The van der Waals surface area contributed by atoms with Crippen molar-refractivity contribution in [3.63, 3.8) is 0 Å². The van der Waals surface area contributed by atoms with Gasteiger partial charge >= 0.3 is 12.0 Å². The predicted molar refractivity (Wildman–Crippen MR) is 73.1 cm³/mol. The second-order valence-electron chi connectivity index (χ2n) is 4.45. The lowest BCUT2D eigenvalue weighted by Crippen LogP contribution is -2.37. The molecule has 0 aromatic carbocycles. The number of aryl methyl sites for hydroxylation is 1. The van der Waals surface area contributed by atoms with E-state index in [4.69, 9.17) is 5.11 Å². The Hall–Kier alpha value is -1.63. The van der Waals surface area contributed by atoms with Gasteiger partial charge in [-0.3, -0.25) is 4.79 Å². The molecule has 7 heteroatoms. The summed E-state index contributed by atoms with van der Waals surface area (Å²) in [7, 11) is 0. The fraction of sp³-hybridized carbons (Fsp3) is 0.583. The van der Waals surface area contributed by atoms with Gasteiger partial charge in [-0.2, -0.15) is 0 Å². The molecular weight excluding hydrogens is 266 g/mol. The summed E-state index contributed by atoms with van der Waals surface area (Å²) in [6.07, 6.45) is 2.43. The zero-order chi connectivity index (χ0) is 14.3. The van der Waals surface area contributed by atoms with Crippen molar-refractivity contribution in [1.29, 1.82) is 0 Å². The van der Waals surface area contributed by atoms with Crippen LogP contribution in [0.3, 0.4) is 0 Å². The minimum absolute atomic E-state index is 0.130. The first-order valence-electron chi connectivity index (χ1n) is 6.12. The van der Waals surface area contributed by atoms with Gasteiger partial charge in [0.2, 0.25) is 0 Å². The Morgan fingerprint density at radius 1 is 1.47 bits per heavy atom. The number of carbonyl (C=O) groups excluding carboxylic acids is 1. The third-order valence-electron chi connectivity index (χ3n) is 2.55. The minimum Gasteiger partial charge on any atom is -0.481 e. The molecule has 1 unspecified atom stereocenters. The average Bonchev–Trinajstić information content (AvgIpc) is 2.77.